The zero-order valence-corrected chi connectivity index (χ0v) is 15.0. The molecule has 0 bridgehead atoms. The zero-order chi connectivity index (χ0) is 19.4. The van der Waals surface area contributed by atoms with Crippen LogP contribution in [0.25, 0.3) is 0 Å². The van der Waals surface area contributed by atoms with E-state index in [2.05, 4.69) is 19.1 Å². The van der Waals surface area contributed by atoms with Gasteiger partial charge in [0, 0.05) is 2.74 Å². The number of allylic oxidation sites excluding steroid dienone is 4. The van der Waals surface area contributed by atoms with E-state index in [-0.39, 0.29) is 6.40 Å². The minimum Gasteiger partial charge on any atom is -0.0885 e. The van der Waals surface area contributed by atoms with Crippen molar-refractivity contribution in [2.75, 3.05) is 0 Å². The summed E-state index contributed by atoms with van der Waals surface area (Å²) in [4.78, 5) is 0. The molecule has 0 radical (unpaired) electrons. The molecular weight excluding hydrogens is 264 g/mol. The minimum absolute atomic E-state index is 0.123. The van der Waals surface area contributed by atoms with Gasteiger partial charge in [-0.3, -0.25) is 0 Å². The van der Waals surface area contributed by atoms with Crippen LogP contribution in [0.3, 0.4) is 0 Å². The fourth-order valence-corrected chi connectivity index (χ4v) is 2.99. The molecule has 0 N–H and O–H groups in total. The first-order valence-electron chi connectivity index (χ1n) is 11.6. The first-order chi connectivity index (χ1) is 12.3. The average molecular weight is 309 g/mol. The van der Waals surface area contributed by atoms with E-state index < -0.39 is 5.89 Å². The van der Waals surface area contributed by atoms with E-state index >= 15 is 0 Å². The second-order valence-electron chi connectivity index (χ2n) is 6.94. The van der Waals surface area contributed by atoms with Gasteiger partial charge in [0.25, 0.3) is 0 Å². The van der Waals surface area contributed by atoms with Gasteiger partial charge in [0.05, 0.1) is 2.74 Å². The largest absolute Gasteiger partial charge is 0.0885 e. The summed E-state index contributed by atoms with van der Waals surface area (Å²) in [5.74, 6) is 0.616. The molecule has 22 heavy (non-hydrogen) atoms. The van der Waals surface area contributed by atoms with E-state index in [0.717, 1.165) is 44.4 Å². The van der Waals surface area contributed by atoms with E-state index in [1.54, 1.807) is 0 Å². The van der Waals surface area contributed by atoms with E-state index in [1.165, 1.54) is 44.9 Å². The van der Waals surface area contributed by atoms with Gasteiger partial charge < -0.3 is 0 Å². The van der Waals surface area contributed by atoms with Crippen molar-refractivity contribution in [2.45, 2.75) is 104 Å². The van der Waals surface area contributed by atoms with Gasteiger partial charge >= 0.3 is 0 Å². The molecule has 0 heterocycles. The van der Waals surface area contributed by atoms with Crippen molar-refractivity contribution in [1.82, 2.24) is 0 Å². The summed E-state index contributed by atoms with van der Waals surface area (Å²) < 4.78 is 28.9. The van der Waals surface area contributed by atoms with E-state index in [9.17, 15) is 0 Å². The Morgan fingerprint density at radius 1 is 0.773 bits per heavy atom. The van der Waals surface area contributed by atoms with Crippen LogP contribution < -0.4 is 0 Å². The average Bonchev–Trinajstić information content (AvgIpc) is 3.37. The molecule has 0 aromatic carbocycles. The summed E-state index contributed by atoms with van der Waals surface area (Å²) in [7, 11) is 0. The molecule has 0 aromatic heterocycles. The Kier molecular flexibility index (Phi) is 8.89. The van der Waals surface area contributed by atoms with Crippen LogP contribution in [-0.4, -0.2) is 0 Å². The Balaban J connectivity index is 0.000000176. The van der Waals surface area contributed by atoms with E-state index in [0.29, 0.717) is 12.1 Å². The van der Waals surface area contributed by atoms with Gasteiger partial charge in [-0.1, -0.05) is 89.4 Å². The molecular formula is C22H40. The highest BCUT2D eigenvalue weighted by atomic mass is 14.1. The summed E-state index contributed by atoms with van der Waals surface area (Å²) in [5.41, 5.74) is 0. The highest BCUT2D eigenvalue weighted by Crippen LogP contribution is 2.23. The SMILES string of the molecule is C1=CCCC1.CC1CCCC1.[2H]C1=C([2H])CCC1.[2H]C1CCCC1([2H])C. The van der Waals surface area contributed by atoms with Crippen LogP contribution in [0.2, 0.25) is 0 Å². The summed E-state index contributed by atoms with van der Waals surface area (Å²) in [6, 6.07) is 1.08. The smallest absolute Gasteiger partial charge is 0.0572 e. The molecule has 2 atom stereocenters. The predicted octanol–water partition coefficient (Wildman–Crippen LogP) is 7.85. The van der Waals surface area contributed by atoms with Crippen molar-refractivity contribution < 1.29 is 5.48 Å². The molecule has 0 saturated heterocycles. The van der Waals surface area contributed by atoms with Gasteiger partial charge in [0.2, 0.25) is 0 Å². The van der Waals surface area contributed by atoms with Crippen LogP contribution in [0.15, 0.2) is 24.3 Å². The Hall–Kier alpha value is -0.520. The molecule has 128 valence electrons. The van der Waals surface area contributed by atoms with Crippen LogP contribution in [0.5, 0.6) is 0 Å². The van der Waals surface area contributed by atoms with Crippen LogP contribution in [-0.2, 0) is 0 Å². The minimum atomic E-state index is -0.431. The maximum atomic E-state index is 7.50. The molecule has 0 heteroatoms. The monoisotopic (exact) mass is 308 g/mol. The van der Waals surface area contributed by atoms with Gasteiger partial charge in [0.15, 0.2) is 0 Å². The Morgan fingerprint density at radius 3 is 1.50 bits per heavy atom. The van der Waals surface area contributed by atoms with Crippen molar-refractivity contribution in [1.29, 1.82) is 0 Å². The van der Waals surface area contributed by atoms with Gasteiger partial charge in [-0.05, 0) is 50.3 Å². The first-order valence-corrected chi connectivity index (χ1v) is 9.55. The highest BCUT2D eigenvalue weighted by molar-refractivity contribution is 4.88. The maximum Gasteiger partial charge on any atom is 0.0572 e. The van der Waals surface area contributed by atoms with Crippen molar-refractivity contribution in [3.8, 4) is 0 Å². The summed E-state index contributed by atoms with van der Waals surface area (Å²) >= 11 is 0. The van der Waals surface area contributed by atoms with Crippen molar-refractivity contribution in [3.63, 3.8) is 0 Å². The third-order valence-corrected chi connectivity index (χ3v) is 4.55. The van der Waals surface area contributed by atoms with Gasteiger partial charge in [-0.15, -0.1) is 0 Å². The normalized spacial score (nSPS) is 36.0. The maximum absolute atomic E-state index is 7.50. The standard InChI is InChI=1S/2C6H12.2C5H8/c2*1-6-4-2-3-5-6;2*1-2-4-5-3-1/h2*6H,2-5H2,1H3;2*1-2H,3-5H2/i4D,6D;;1D,2D;. The fraction of sp³-hybridized carbons (Fsp3) is 0.818. The first kappa shape index (κ1) is 13.9. The molecule has 2 fully saturated rings. The summed E-state index contributed by atoms with van der Waals surface area (Å²) in [6.07, 6.45) is 19.9. The highest BCUT2D eigenvalue weighted by Gasteiger charge is 2.07. The van der Waals surface area contributed by atoms with Gasteiger partial charge in [0.1, 0.15) is 0 Å². The molecule has 0 aromatic rings. The fourth-order valence-electron chi connectivity index (χ4n) is 2.99. The van der Waals surface area contributed by atoms with E-state index in [1.807, 2.05) is 6.92 Å². The number of hydrogen-bond donors (Lipinski definition) is 0. The molecule has 0 nitrogen and oxygen atoms in total. The Labute approximate surface area is 146 Å². The molecule has 0 aliphatic heterocycles. The second-order valence-corrected chi connectivity index (χ2v) is 6.94. The lowest BCUT2D eigenvalue weighted by Crippen LogP contribution is -1.78. The lowest BCUT2D eigenvalue weighted by molar-refractivity contribution is 0.612. The Bertz CT molecular complexity index is 415. The lowest BCUT2D eigenvalue weighted by atomic mass is 10.2. The van der Waals surface area contributed by atoms with Gasteiger partial charge in [-0.2, -0.15) is 0 Å². The topological polar surface area (TPSA) is 0 Å². The third-order valence-electron chi connectivity index (χ3n) is 4.55. The number of hydrogen-bond acceptors (Lipinski definition) is 0. The molecule has 4 aliphatic carbocycles. The Morgan fingerprint density at radius 2 is 1.32 bits per heavy atom. The van der Waals surface area contributed by atoms with Crippen LogP contribution >= 0.6 is 0 Å². The van der Waals surface area contributed by atoms with Crippen LogP contribution in [0.1, 0.15) is 109 Å². The van der Waals surface area contributed by atoms with E-state index in [4.69, 9.17) is 5.48 Å². The number of rotatable bonds is 0. The van der Waals surface area contributed by atoms with Crippen molar-refractivity contribution >= 4 is 0 Å². The van der Waals surface area contributed by atoms with Crippen molar-refractivity contribution in [3.05, 3.63) is 24.3 Å². The third kappa shape index (κ3) is 12.1. The molecule has 2 saturated carbocycles. The van der Waals surface area contributed by atoms with Crippen LogP contribution in [0, 0.1) is 11.8 Å². The van der Waals surface area contributed by atoms with Crippen LogP contribution in [0.4, 0.5) is 0 Å². The predicted molar refractivity (Wildman–Crippen MR) is 101 cm³/mol. The zero-order valence-electron chi connectivity index (χ0n) is 19.0. The molecule has 2 unspecified atom stereocenters. The quantitative estimate of drug-likeness (QED) is 0.400. The molecule has 0 spiro atoms. The summed E-state index contributed by atoms with van der Waals surface area (Å²) in [5, 5.41) is 0. The second kappa shape index (κ2) is 14.1. The molecule has 4 aliphatic rings. The van der Waals surface area contributed by atoms with Crippen molar-refractivity contribution in [2.24, 2.45) is 11.8 Å². The molecule has 4 rings (SSSR count). The van der Waals surface area contributed by atoms with Gasteiger partial charge in [-0.25, -0.2) is 0 Å². The molecule has 0 amide bonds. The lowest BCUT2D eigenvalue weighted by Gasteiger charge is -1.91. The summed E-state index contributed by atoms with van der Waals surface area (Å²) in [6.45, 7) is 4.20.